The average Bonchev–Trinajstić information content (AvgIpc) is 2.70. The molecule has 0 aromatic heterocycles. The third-order valence-electron chi connectivity index (χ3n) is 4.90. The van der Waals surface area contributed by atoms with E-state index in [2.05, 4.69) is 72.8 Å². The van der Waals surface area contributed by atoms with Gasteiger partial charge in [-0.05, 0) is 0 Å². The number of rotatable bonds is 8. The van der Waals surface area contributed by atoms with E-state index in [0.717, 1.165) is 13.3 Å². The summed E-state index contributed by atoms with van der Waals surface area (Å²) >= 11 is -3.45. The van der Waals surface area contributed by atoms with Crippen LogP contribution in [-0.2, 0) is 21.2 Å². The Morgan fingerprint density at radius 2 is 1.00 bits per heavy atom. The Kier molecular flexibility index (Phi) is 7.32. The van der Waals surface area contributed by atoms with Crippen LogP contribution in [0.4, 0.5) is 0 Å². The van der Waals surface area contributed by atoms with Crippen molar-refractivity contribution in [3.63, 3.8) is 0 Å². The van der Waals surface area contributed by atoms with E-state index in [1.165, 1.54) is 16.7 Å². The zero-order valence-corrected chi connectivity index (χ0v) is 19.5. The second kappa shape index (κ2) is 9.92. The fourth-order valence-corrected chi connectivity index (χ4v) is 15.5. The van der Waals surface area contributed by atoms with Crippen LogP contribution in [0.3, 0.4) is 0 Å². The van der Waals surface area contributed by atoms with Gasteiger partial charge in [0.1, 0.15) is 0 Å². The summed E-state index contributed by atoms with van der Waals surface area (Å²) in [5.41, 5.74) is 3.80. The molecular weight excluding hydrogens is 451 g/mol. The Morgan fingerprint density at radius 1 is 0.679 bits per heavy atom. The van der Waals surface area contributed by atoms with E-state index in [9.17, 15) is 4.79 Å². The van der Waals surface area contributed by atoms with E-state index < -0.39 is 18.8 Å². The Morgan fingerprint density at radius 3 is 1.29 bits per heavy atom. The van der Waals surface area contributed by atoms with Crippen molar-refractivity contribution in [1.29, 1.82) is 0 Å². The van der Waals surface area contributed by atoms with Gasteiger partial charge in [-0.15, -0.1) is 0 Å². The van der Waals surface area contributed by atoms with Gasteiger partial charge < -0.3 is 0 Å². The van der Waals surface area contributed by atoms with Crippen LogP contribution in [0.15, 0.2) is 91.0 Å². The van der Waals surface area contributed by atoms with Gasteiger partial charge in [0.15, 0.2) is 0 Å². The molecule has 0 bridgehead atoms. The number of carbonyl (C=O) groups is 1. The molecule has 0 aliphatic carbocycles. The first-order valence-electron chi connectivity index (χ1n) is 9.91. The minimum atomic E-state index is -3.45. The Hall–Kier alpha value is -2.07. The summed E-state index contributed by atoms with van der Waals surface area (Å²) in [6.45, 7) is 3.85. The molecule has 0 saturated carbocycles. The molecule has 28 heavy (non-hydrogen) atoms. The molecule has 3 rings (SSSR count). The van der Waals surface area contributed by atoms with Crippen molar-refractivity contribution in [3.8, 4) is 0 Å². The monoisotopic (exact) mass is 480 g/mol. The topological polar surface area (TPSA) is 26.3 Å². The molecule has 0 radical (unpaired) electrons. The van der Waals surface area contributed by atoms with E-state index in [-0.39, 0.29) is 11.9 Å². The van der Waals surface area contributed by atoms with E-state index in [4.69, 9.17) is 3.07 Å². The number of carbonyl (C=O) groups excluding carboxylic acids is 1. The van der Waals surface area contributed by atoms with Gasteiger partial charge >= 0.3 is 173 Å². The molecule has 0 saturated heterocycles. The Bertz CT molecular complexity index is 759. The van der Waals surface area contributed by atoms with Crippen LogP contribution >= 0.6 is 0 Å². The molecule has 0 heterocycles. The van der Waals surface area contributed by atoms with Gasteiger partial charge in [0, 0.05) is 0 Å². The molecular formula is C25H28O2Sn. The fourth-order valence-electron chi connectivity index (χ4n) is 3.53. The summed E-state index contributed by atoms with van der Waals surface area (Å²) in [7, 11) is 0. The molecule has 3 heteroatoms. The second-order valence-electron chi connectivity index (χ2n) is 7.75. The van der Waals surface area contributed by atoms with Crippen molar-refractivity contribution < 1.29 is 7.87 Å². The maximum atomic E-state index is 12.8. The molecule has 3 aromatic rings. The van der Waals surface area contributed by atoms with Gasteiger partial charge in [0.25, 0.3) is 0 Å². The summed E-state index contributed by atoms with van der Waals surface area (Å²) < 4.78 is 9.14. The summed E-state index contributed by atoms with van der Waals surface area (Å²) in [6.07, 6.45) is 0. The third kappa shape index (κ3) is 5.96. The molecule has 0 N–H and O–H groups in total. The maximum absolute atomic E-state index is 12.8. The van der Waals surface area contributed by atoms with Crippen molar-refractivity contribution >= 4 is 24.8 Å². The van der Waals surface area contributed by atoms with Gasteiger partial charge in [-0.25, -0.2) is 0 Å². The second-order valence-corrected chi connectivity index (χ2v) is 18.1. The van der Waals surface area contributed by atoms with E-state index >= 15 is 0 Å². The van der Waals surface area contributed by atoms with Crippen molar-refractivity contribution in [2.45, 2.75) is 27.2 Å². The first kappa shape index (κ1) is 20.7. The number of hydrogen-bond donors (Lipinski definition) is 0. The normalized spacial score (nSPS) is 11.4. The minimum absolute atomic E-state index is 0.0569. The van der Waals surface area contributed by atoms with Crippen LogP contribution in [0.25, 0.3) is 0 Å². The fraction of sp³-hybridized carbons (Fsp3) is 0.240. The van der Waals surface area contributed by atoms with Gasteiger partial charge in [-0.3, -0.25) is 0 Å². The average molecular weight is 479 g/mol. The summed E-state index contributed by atoms with van der Waals surface area (Å²) in [5.74, 6) is -0.169. The molecule has 0 unspecified atom stereocenters. The summed E-state index contributed by atoms with van der Waals surface area (Å²) in [4.78, 5) is 12.8. The molecule has 0 aliphatic heterocycles. The SMILES string of the molecule is CC(C)C(=O)[O][Sn]([CH2]c1ccccc1)([CH2]c1ccccc1)[CH2]c1ccccc1. The van der Waals surface area contributed by atoms with Crippen molar-refractivity contribution in [2.75, 3.05) is 0 Å². The van der Waals surface area contributed by atoms with Crippen molar-refractivity contribution in [2.24, 2.45) is 5.92 Å². The molecule has 144 valence electrons. The predicted molar refractivity (Wildman–Crippen MR) is 117 cm³/mol. The Labute approximate surface area is 173 Å². The molecule has 0 atom stereocenters. The van der Waals surface area contributed by atoms with Gasteiger partial charge in [0.05, 0.1) is 0 Å². The van der Waals surface area contributed by atoms with E-state index in [1.807, 2.05) is 32.0 Å². The van der Waals surface area contributed by atoms with E-state index in [0.29, 0.717) is 0 Å². The van der Waals surface area contributed by atoms with Crippen LogP contribution in [0.5, 0.6) is 0 Å². The number of benzene rings is 3. The quantitative estimate of drug-likeness (QED) is 0.401. The first-order valence-corrected chi connectivity index (χ1v) is 17.1. The third-order valence-corrected chi connectivity index (χ3v) is 15.7. The zero-order chi connectivity index (χ0) is 19.8. The van der Waals surface area contributed by atoms with Crippen LogP contribution in [0.2, 0.25) is 0 Å². The summed E-state index contributed by atoms with van der Waals surface area (Å²) in [5, 5.41) is 0. The van der Waals surface area contributed by atoms with Gasteiger partial charge in [-0.1, -0.05) is 0 Å². The molecule has 0 aliphatic rings. The van der Waals surface area contributed by atoms with Gasteiger partial charge in [-0.2, -0.15) is 0 Å². The standard InChI is InChI=1S/3C7H7.C4H8O2.Sn/c3*1-7-5-3-2-4-6-7;1-3(2)4(5)6;/h3*2-6H,1H2;3H,1-2H3,(H,5,6);/q;;;;+1/p-1. The van der Waals surface area contributed by atoms with Crippen LogP contribution in [-0.4, -0.2) is 24.8 Å². The van der Waals surface area contributed by atoms with Crippen molar-refractivity contribution in [3.05, 3.63) is 108 Å². The molecule has 0 spiro atoms. The zero-order valence-electron chi connectivity index (χ0n) is 16.7. The number of hydrogen-bond acceptors (Lipinski definition) is 2. The molecule has 0 amide bonds. The van der Waals surface area contributed by atoms with Crippen LogP contribution in [0.1, 0.15) is 30.5 Å². The molecule has 2 nitrogen and oxygen atoms in total. The molecule has 3 aromatic carbocycles. The van der Waals surface area contributed by atoms with Crippen LogP contribution in [0, 0.1) is 5.92 Å². The predicted octanol–water partition coefficient (Wildman–Crippen LogP) is 5.48. The van der Waals surface area contributed by atoms with Gasteiger partial charge in [0.2, 0.25) is 0 Å². The first-order chi connectivity index (χ1) is 13.6. The van der Waals surface area contributed by atoms with E-state index in [1.54, 1.807) is 0 Å². The summed E-state index contributed by atoms with van der Waals surface area (Å²) in [6, 6.07) is 31.5. The van der Waals surface area contributed by atoms with Crippen LogP contribution < -0.4 is 0 Å². The Balaban J connectivity index is 2.01. The van der Waals surface area contributed by atoms with Crippen molar-refractivity contribution in [1.82, 2.24) is 0 Å². The molecule has 0 fully saturated rings.